The highest BCUT2D eigenvalue weighted by Crippen LogP contribution is 2.27. The van der Waals surface area contributed by atoms with Crippen LogP contribution in [0.1, 0.15) is 25.3 Å². The Labute approximate surface area is 174 Å². The van der Waals surface area contributed by atoms with Crippen molar-refractivity contribution in [2.75, 3.05) is 25.0 Å². The average molecular weight is 407 g/mol. The topological polar surface area (TPSA) is 109 Å². The van der Waals surface area contributed by atoms with E-state index in [0.29, 0.717) is 29.8 Å². The molecule has 0 spiro atoms. The Morgan fingerprint density at radius 1 is 1.20 bits per heavy atom. The molecule has 9 nitrogen and oxygen atoms in total. The number of nitrogens with one attached hydrogen (secondary N) is 2. The van der Waals surface area contributed by atoms with Gasteiger partial charge in [0.25, 0.3) is 5.89 Å². The summed E-state index contributed by atoms with van der Waals surface area (Å²) < 4.78 is 5.85. The lowest BCUT2D eigenvalue weighted by atomic mass is 10.1. The summed E-state index contributed by atoms with van der Waals surface area (Å²) in [5.41, 5.74) is 2.50. The lowest BCUT2D eigenvalue weighted by Gasteiger charge is -2.24. The third-order valence-electron chi connectivity index (χ3n) is 5.05. The van der Waals surface area contributed by atoms with Crippen molar-refractivity contribution in [3.63, 3.8) is 0 Å². The van der Waals surface area contributed by atoms with E-state index in [9.17, 15) is 4.79 Å². The molecule has 1 aliphatic rings. The quantitative estimate of drug-likeness (QED) is 0.612. The first-order chi connectivity index (χ1) is 14.7. The molecule has 0 bridgehead atoms. The van der Waals surface area contributed by atoms with Crippen molar-refractivity contribution in [2.24, 2.45) is 0 Å². The number of amides is 1. The molecule has 1 saturated heterocycles. The molecule has 1 fully saturated rings. The maximum Gasteiger partial charge on any atom is 0.268 e. The highest BCUT2D eigenvalue weighted by atomic mass is 16.4. The molecule has 0 unspecified atom stereocenters. The molecule has 2 N–H and O–H groups in total. The van der Waals surface area contributed by atoms with Gasteiger partial charge in [-0.3, -0.25) is 9.78 Å². The molecule has 9 heteroatoms. The number of aromatic nitrogens is 4. The van der Waals surface area contributed by atoms with Crippen molar-refractivity contribution >= 4 is 11.7 Å². The summed E-state index contributed by atoms with van der Waals surface area (Å²) in [7, 11) is 1.91. The Balaban J connectivity index is 1.55. The van der Waals surface area contributed by atoms with E-state index in [-0.39, 0.29) is 11.9 Å². The van der Waals surface area contributed by atoms with E-state index in [1.54, 1.807) is 12.4 Å². The van der Waals surface area contributed by atoms with Crippen LogP contribution < -0.4 is 15.5 Å². The minimum Gasteiger partial charge on any atom is -0.415 e. The monoisotopic (exact) mass is 407 g/mol. The fourth-order valence-electron chi connectivity index (χ4n) is 3.62. The second-order valence-electron chi connectivity index (χ2n) is 7.15. The first-order valence-electron chi connectivity index (χ1n) is 10.1. The van der Waals surface area contributed by atoms with E-state index in [0.717, 1.165) is 31.5 Å². The number of nitrogens with zero attached hydrogens (tertiary/aromatic N) is 5. The average Bonchev–Trinajstić information content (AvgIpc) is 3.45. The molecule has 1 aliphatic heterocycles. The van der Waals surface area contributed by atoms with Gasteiger partial charge >= 0.3 is 0 Å². The molecule has 2 aromatic heterocycles. The van der Waals surface area contributed by atoms with Crippen molar-refractivity contribution in [3.05, 3.63) is 42.2 Å². The van der Waals surface area contributed by atoms with Crippen molar-refractivity contribution in [1.82, 2.24) is 30.8 Å². The SMILES string of the molecule is CCNC(=O)[C@@H]1CCCN1c1cncc(-c2nnc(-c3ccc(CNC)cc3)o2)n1. The van der Waals surface area contributed by atoms with Gasteiger partial charge in [0.2, 0.25) is 11.8 Å². The van der Waals surface area contributed by atoms with Gasteiger partial charge < -0.3 is 20.0 Å². The summed E-state index contributed by atoms with van der Waals surface area (Å²) in [5.74, 6) is 1.38. The molecule has 0 aliphatic carbocycles. The Bertz CT molecular complexity index is 1000. The van der Waals surface area contributed by atoms with Crippen LogP contribution in [0, 0.1) is 0 Å². The fraction of sp³-hybridized carbons (Fsp3) is 0.381. The number of carbonyl (C=O) groups is 1. The van der Waals surface area contributed by atoms with Gasteiger partial charge in [0.05, 0.1) is 12.4 Å². The smallest absolute Gasteiger partial charge is 0.268 e. The van der Waals surface area contributed by atoms with Crippen molar-refractivity contribution in [3.8, 4) is 23.0 Å². The third kappa shape index (κ3) is 4.16. The Hall–Kier alpha value is -3.33. The largest absolute Gasteiger partial charge is 0.415 e. The molecule has 0 saturated carbocycles. The lowest BCUT2D eigenvalue weighted by molar-refractivity contribution is -0.122. The van der Waals surface area contributed by atoms with E-state index < -0.39 is 0 Å². The standard InChI is InChI=1S/C21H25N7O2/c1-3-24-19(29)17-5-4-10-28(17)18-13-23-12-16(25-18)21-27-26-20(30-21)15-8-6-14(7-9-15)11-22-2/h6-9,12-13,17,22H,3-5,10-11H2,1-2H3,(H,24,29)/t17-/m0/s1. The molecule has 1 aromatic carbocycles. The summed E-state index contributed by atoms with van der Waals surface area (Å²) in [5, 5.41) is 14.3. The zero-order valence-electron chi connectivity index (χ0n) is 17.1. The number of benzene rings is 1. The maximum absolute atomic E-state index is 12.4. The van der Waals surface area contributed by atoms with Gasteiger partial charge in [-0.1, -0.05) is 12.1 Å². The number of likely N-dealkylation sites (N-methyl/N-ethyl adjacent to an activating group) is 1. The number of hydrogen-bond acceptors (Lipinski definition) is 8. The van der Waals surface area contributed by atoms with Gasteiger partial charge in [-0.05, 0) is 44.5 Å². The van der Waals surface area contributed by atoms with Gasteiger partial charge in [0, 0.05) is 25.2 Å². The zero-order valence-corrected chi connectivity index (χ0v) is 17.1. The fourth-order valence-corrected chi connectivity index (χ4v) is 3.62. The molecule has 3 heterocycles. The van der Waals surface area contributed by atoms with Gasteiger partial charge in [0.1, 0.15) is 17.6 Å². The molecular weight excluding hydrogens is 382 g/mol. The van der Waals surface area contributed by atoms with Gasteiger partial charge in [0.15, 0.2) is 0 Å². The predicted octanol–water partition coefficient (Wildman–Crippen LogP) is 2.02. The second kappa shape index (κ2) is 9.00. The van der Waals surface area contributed by atoms with E-state index in [1.807, 2.05) is 43.1 Å². The van der Waals surface area contributed by atoms with Crippen molar-refractivity contribution < 1.29 is 9.21 Å². The number of hydrogen-bond donors (Lipinski definition) is 2. The van der Waals surface area contributed by atoms with Gasteiger partial charge in [-0.2, -0.15) is 0 Å². The van der Waals surface area contributed by atoms with Crippen LogP contribution in [0.3, 0.4) is 0 Å². The summed E-state index contributed by atoms with van der Waals surface area (Å²) in [6, 6.07) is 7.71. The van der Waals surface area contributed by atoms with Crippen LogP contribution in [-0.2, 0) is 11.3 Å². The van der Waals surface area contributed by atoms with Crippen molar-refractivity contribution in [2.45, 2.75) is 32.4 Å². The third-order valence-corrected chi connectivity index (χ3v) is 5.05. The van der Waals surface area contributed by atoms with E-state index >= 15 is 0 Å². The van der Waals surface area contributed by atoms with Crippen LogP contribution >= 0.6 is 0 Å². The molecule has 0 radical (unpaired) electrons. The van der Waals surface area contributed by atoms with Gasteiger partial charge in [-0.25, -0.2) is 4.98 Å². The van der Waals surface area contributed by atoms with Crippen molar-refractivity contribution in [1.29, 1.82) is 0 Å². The molecular formula is C21H25N7O2. The summed E-state index contributed by atoms with van der Waals surface area (Å²) in [6.45, 7) is 4.08. The highest BCUT2D eigenvalue weighted by Gasteiger charge is 2.31. The lowest BCUT2D eigenvalue weighted by Crippen LogP contribution is -2.43. The van der Waals surface area contributed by atoms with Crippen LogP contribution in [0.4, 0.5) is 5.82 Å². The van der Waals surface area contributed by atoms with Crippen LogP contribution in [0.25, 0.3) is 23.0 Å². The first kappa shape index (κ1) is 20.0. The van der Waals surface area contributed by atoms with Crippen LogP contribution in [0.2, 0.25) is 0 Å². The first-order valence-corrected chi connectivity index (χ1v) is 10.1. The Morgan fingerprint density at radius 2 is 2.00 bits per heavy atom. The zero-order chi connectivity index (χ0) is 20.9. The minimum absolute atomic E-state index is 0.0176. The Morgan fingerprint density at radius 3 is 2.77 bits per heavy atom. The Kier molecular flexibility index (Phi) is 5.99. The minimum atomic E-state index is -0.233. The predicted molar refractivity (Wildman–Crippen MR) is 113 cm³/mol. The number of anilines is 1. The van der Waals surface area contributed by atoms with Crippen LogP contribution in [0.15, 0.2) is 41.1 Å². The number of carbonyl (C=O) groups excluding carboxylic acids is 1. The highest BCUT2D eigenvalue weighted by molar-refractivity contribution is 5.85. The van der Waals surface area contributed by atoms with Crippen LogP contribution in [0.5, 0.6) is 0 Å². The number of rotatable bonds is 7. The molecule has 1 amide bonds. The summed E-state index contributed by atoms with van der Waals surface area (Å²) in [4.78, 5) is 23.3. The molecule has 4 rings (SSSR count). The summed E-state index contributed by atoms with van der Waals surface area (Å²) >= 11 is 0. The molecule has 3 aromatic rings. The molecule has 30 heavy (non-hydrogen) atoms. The van der Waals surface area contributed by atoms with E-state index in [4.69, 9.17) is 4.42 Å². The molecule has 1 atom stereocenters. The van der Waals surface area contributed by atoms with E-state index in [2.05, 4.69) is 30.8 Å². The van der Waals surface area contributed by atoms with Crippen LogP contribution in [-0.4, -0.2) is 52.3 Å². The molecule has 156 valence electrons. The summed E-state index contributed by atoms with van der Waals surface area (Å²) in [6.07, 6.45) is 4.99. The van der Waals surface area contributed by atoms with E-state index in [1.165, 1.54) is 5.56 Å². The maximum atomic E-state index is 12.4. The normalized spacial score (nSPS) is 16.1. The van der Waals surface area contributed by atoms with Gasteiger partial charge in [-0.15, -0.1) is 10.2 Å². The second-order valence-corrected chi connectivity index (χ2v) is 7.15.